The fourth-order valence-electron chi connectivity index (χ4n) is 2.48. The molecule has 0 fully saturated rings. The molecule has 0 amide bonds. The van der Waals surface area contributed by atoms with Crippen molar-refractivity contribution in [2.45, 2.75) is 26.7 Å². The van der Waals surface area contributed by atoms with E-state index in [9.17, 15) is 9.90 Å². The van der Waals surface area contributed by atoms with Crippen LogP contribution in [-0.2, 0) is 6.42 Å². The Morgan fingerprint density at radius 3 is 2.79 bits per heavy atom. The first-order valence-corrected chi connectivity index (χ1v) is 8.45. The first-order chi connectivity index (χ1) is 11.5. The number of aromatic nitrogens is 3. The van der Waals surface area contributed by atoms with Crippen LogP contribution in [0.2, 0.25) is 0 Å². The van der Waals surface area contributed by atoms with Gasteiger partial charge in [0.2, 0.25) is 11.0 Å². The number of carboxylic acid groups (broad SMARTS) is 1. The number of carboxylic acids is 1. The molecule has 3 aromatic rings. The monoisotopic (exact) mass is 343 g/mol. The maximum Gasteiger partial charge on any atom is 0.355 e. The Morgan fingerprint density at radius 1 is 1.33 bits per heavy atom. The average molecular weight is 343 g/mol. The summed E-state index contributed by atoms with van der Waals surface area (Å²) in [5.41, 5.74) is 3.96. The van der Waals surface area contributed by atoms with Crippen molar-refractivity contribution >= 4 is 17.3 Å². The average Bonchev–Trinajstić information content (AvgIpc) is 3.16. The molecule has 0 atom stereocenters. The molecule has 0 radical (unpaired) electrons. The summed E-state index contributed by atoms with van der Waals surface area (Å²) < 4.78 is 1.26. The summed E-state index contributed by atoms with van der Waals surface area (Å²) in [5, 5.41) is 25.2. The standard InChI is InChI=1S/C17H17N3O3S/c1-3-4-11-7-12(6-5-10(11)2)13-8-15(21)20(19-13)17-18-14(9-24-17)16(22)23/h5-9,21H,3-4H2,1-2H3,(H,22,23). The van der Waals surface area contributed by atoms with Gasteiger partial charge in [-0.1, -0.05) is 25.5 Å². The van der Waals surface area contributed by atoms with Gasteiger partial charge in [-0.15, -0.1) is 11.3 Å². The van der Waals surface area contributed by atoms with Gasteiger partial charge in [0.25, 0.3) is 0 Å². The van der Waals surface area contributed by atoms with Crippen LogP contribution in [0.4, 0.5) is 0 Å². The minimum Gasteiger partial charge on any atom is -0.493 e. The van der Waals surface area contributed by atoms with Crippen LogP contribution < -0.4 is 0 Å². The second-order valence-corrected chi connectivity index (χ2v) is 6.35. The van der Waals surface area contributed by atoms with Crippen LogP contribution in [-0.4, -0.2) is 30.9 Å². The lowest BCUT2D eigenvalue weighted by Crippen LogP contribution is -2.00. The van der Waals surface area contributed by atoms with E-state index >= 15 is 0 Å². The number of aromatic hydroxyl groups is 1. The molecular weight excluding hydrogens is 326 g/mol. The van der Waals surface area contributed by atoms with Gasteiger partial charge in [-0.05, 0) is 30.5 Å². The number of aromatic carboxylic acids is 1. The smallest absolute Gasteiger partial charge is 0.355 e. The molecule has 24 heavy (non-hydrogen) atoms. The number of benzene rings is 1. The van der Waals surface area contributed by atoms with Crippen molar-refractivity contribution in [1.82, 2.24) is 14.8 Å². The van der Waals surface area contributed by atoms with E-state index < -0.39 is 5.97 Å². The summed E-state index contributed by atoms with van der Waals surface area (Å²) in [7, 11) is 0. The van der Waals surface area contributed by atoms with E-state index in [2.05, 4.69) is 30.0 Å². The topological polar surface area (TPSA) is 88.2 Å². The summed E-state index contributed by atoms with van der Waals surface area (Å²) in [6.45, 7) is 4.21. The fourth-order valence-corrected chi connectivity index (χ4v) is 3.24. The second-order valence-electron chi connectivity index (χ2n) is 5.51. The lowest BCUT2D eigenvalue weighted by Gasteiger charge is -2.06. The van der Waals surface area contributed by atoms with Crippen LogP contribution in [0.1, 0.15) is 35.0 Å². The van der Waals surface area contributed by atoms with E-state index in [0.717, 1.165) is 29.7 Å². The van der Waals surface area contributed by atoms with Crippen molar-refractivity contribution < 1.29 is 15.0 Å². The molecule has 6 nitrogen and oxygen atoms in total. The Morgan fingerprint density at radius 2 is 2.12 bits per heavy atom. The van der Waals surface area contributed by atoms with Crippen LogP contribution >= 0.6 is 11.3 Å². The number of aryl methyl sites for hydroxylation is 2. The highest BCUT2D eigenvalue weighted by Gasteiger charge is 2.16. The van der Waals surface area contributed by atoms with Crippen molar-refractivity contribution in [3.8, 4) is 22.3 Å². The Kier molecular flexibility index (Phi) is 4.35. The van der Waals surface area contributed by atoms with Gasteiger partial charge in [-0.2, -0.15) is 9.78 Å². The van der Waals surface area contributed by atoms with Crippen molar-refractivity contribution in [2.75, 3.05) is 0 Å². The Balaban J connectivity index is 1.99. The van der Waals surface area contributed by atoms with E-state index in [1.165, 1.54) is 21.2 Å². The summed E-state index contributed by atoms with van der Waals surface area (Å²) >= 11 is 1.12. The fraction of sp³-hybridized carbons (Fsp3) is 0.235. The predicted octanol–water partition coefficient (Wildman–Crippen LogP) is 3.66. The molecule has 0 saturated heterocycles. The van der Waals surface area contributed by atoms with E-state index in [0.29, 0.717) is 10.8 Å². The van der Waals surface area contributed by atoms with Gasteiger partial charge in [-0.3, -0.25) is 0 Å². The summed E-state index contributed by atoms with van der Waals surface area (Å²) in [6.07, 6.45) is 2.04. The quantitative estimate of drug-likeness (QED) is 0.738. The molecule has 0 unspecified atom stereocenters. The Hall–Kier alpha value is -2.67. The lowest BCUT2D eigenvalue weighted by molar-refractivity contribution is 0.0691. The van der Waals surface area contributed by atoms with E-state index in [1.807, 2.05) is 12.1 Å². The predicted molar refractivity (Wildman–Crippen MR) is 92.0 cm³/mol. The highest BCUT2D eigenvalue weighted by molar-refractivity contribution is 7.12. The van der Waals surface area contributed by atoms with E-state index in [4.69, 9.17) is 5.11 Å². The SMILES string of the molecule is CCCc1cc(-c2cc(O)n(-c3nc(C(=O)O)cs3)n2)ccc1C. The number of hydrogen-bond donors (Lipinski definition) is 2. The van der Waals surface area contributed by atoms with E-state index in [1.54, 1.807) is 6.07 Å². The largest absolute Gasteiger partial charge is 0.493 e. The molecule has 124 valence electrons. The molecular formula is C17H17N3O3S. The number of rotatable bonds is 5. The summed E-state index contributed by atoms with van der Waals surface area (Å²) in [5.74, 6) is -1.18. The number of carbonyl (C=O) groups is 1. The first kappa shape index (κ1) is 16.2. The van der Waals surface area contributed by atoms with E-state index in [-0.39, 0.29) is 11.6 Å². The van der Waals surface area contributed by atoms with Gasteiger partial charge in [0.1, 0.15) is 0 Å². The van der Waals surface area contributed by atoms with Gasteiger partial charge < -0.3 is 10.2 Å². The Labute approximate surface area is 143 Å². The van der Waals surface area contributed by atoms with Crippen LogP contribution in [0.3, 0.4) is 0 Å². The zero-order valence-corrected chi connectivity index (χ0v) is 14.2. The molecule has 3 rings (SSSR count). The third-order valence-electron chi connectivity index (χ3n) is 3.75. The van der Waals surface area contributed by atoms with Crippen LogP contribution in [0.15, 0.2) is 29.6 Å². The molecule has 1 aromatic carbocycles. The molecule has 7 heteroatoms. The molecule has 0 aliphatic rings. The zero-order chi connectivity index (χ0) is 17.3. The van der Waals surface area contributed by atoms with Gasteiger partial charge >= 0.3 is 5.97 Å². The van der Waals surface area contributed by atoms with Gasteiger partial charge in [-0.25, -0.2) is 9.78 Å². The molecule has 0 spiro atoms. The van der Waals surface area contributed by atoms with Crippen LogP contribution in [0.5, 0.6) is 5.88 Å². The zero-order valence-electron chi connectivity index (χ0n) is 13.4. The maximum atomic E-state index is 10.9. The molecule has 2 heterocycles. The molecule has 0 bridgehead atoms. The minimum absolute atomic E-state index is 0.0629. The van der Waals surface area contributed by atoms with Crippen LogP contribution in [0.25, 0.3) is 16.4 Å². The number of hydrogen-bond acceptors (Lipinski definition) is 5. The maximum absolute atomic E-state index is 10.9. The number of thiazole rings is 1. The Bertz CT molecular complexity index is 898. The van der Waals surface area contributed by atoms with Gasteiger partial charge in [0.15, 0.2) is 5.69 Å². The highest BCUT2D eigenvalue weighted by atomic mass is 32.1. The van der Waals surface area contributed by atoms with Crippen molar-refractivity contribution in [2.24, 2.45) is 0 Å². The lowest BCUT2D eigenvalue weighted by atomic mass is 10.00. The highest BCUT2D eigenvalue weighted by Crippen LogP contribution is 2.28. The van der Waals surface area contributed by atoms with Gasteiger partial charge in [0, 0.05) is 17.0 Å². The van der Waals surface area contributed by atoms with Crippen molar-refractivity contribution in [1.29, 1.82) is 0 Å². The van der Waals surface area contributed by atoms with Crippen molar-refractivity contribution in [3.05, 3.63) is 46.5 Å². The molecule has 0 aliphatic carbocycles. The van der Waals surface area contributed by atoms with Crippen molar-refractivity contribution in [3.63, 3.8) is 0 Å². The third-order valence-corrected chi connectivity index (χ3v) is 4.56. The molecule has 0 aliphatic heterocycles. The third kappa shape index (κ3) is 3.03. The second kappa shape index (κ2) is 6.45. The normalized spacial score (nSPS) is 10.9. The molecule has 0 saturated carbocycles. The summed E-state index contributed by atoms with van der Waals surface area (Å²) in [6, 6.07) is 7.64. The first-order valence-electron chi connectivity index (χ1n) is 7.57. The van der Waals surface area contributed by atoms with Crippen LogP contribution in [0, 0.1) is 6.92 Å². The minimum atomic E-state index is -1.10. The number of nitrogens with zero attached hydrogens (tertiary/aromatic N) is 3. The van der Waals surface area contributed by atoms with Gasteiger partial charge in [0.05, 0.1) is 5.69 Å². The summed E-state index contributed by atoms with van der Waals surface area (Å²) in [4.78, 5) is 14.9. The molecule has 2 aromatic heterocycles. The molecule has 2 N–H and O–H groups in total.